The fourth-order valence-corrected chi connectivity index (χ4v) is 1.15. The minimum Gasteiger partial charge on any atom is -0.345 e. The standard InChI is InChI=1S/C11H8ClF3N2O/c1-7(18)16-4-2-3-8-5-9(11(13,14)15)6-17-10(8)12/h5-6H,4H2,1H3,(H,16,18). The van der Waals surface area contributed by atoms with Crippen molar-refractivity contribution in [3.63, 3.8) is 0 Å². The molecule has 1 aromatic heterocycles. The molecule has 0 unspecified atom stereocenters. The number of nitrogens with one attached hydrogen (secondary N) is 1. The Morgan fingerprint density at radius 2 is 2.22 bits per heavy atom. The van der Waals surface area contributed by atoms with Gasteiger partial charge < -0.3 is 5.32 Å². The fourth-order valence-electron chi connectivity index (χ4n) is 0.999. The lowest BCUT2D eigenvalue weighted by atomic mass is 10.2. The molecule has 0 aliphatic rings. The number of amides is 1. The zero-order valence-electron chi connectivity index (χ0n) is 9.23. The van der Waals surface area contributed by atoms with Crippen molar-refractivity contribution in [1.29, 1.82) is 0 Å². The lowest BCUT2D eigenvalue weighted by Gasteiger charge is -2.06. The number of alkyl halides is 3. The molecule has 0 atom stereocenters. The van der Waals surface area contributed by atoms with Crippen LogP contribution in [-0.4, -0.2) is 17.4 Å². The third-order valence-electron chi connectivity index (χ3n) is 1.82. The van der Waals surface area contributed by atoms with Gasteiger partial charge in [0, 0.05) is 13.1 Å². The van der Waals surface area contributed by atoms with Crippen LogP contribution < -0.4 is 5.32 Å². The van der Waals surface area contributed by atoms with E-state index in [9.17, 15) is 18.0 Å². The van der Waals surface area contributed by atoms with Gasteiger partial charge in [-0.15, -0.1) is 0 Å². The van der Waals surface area contributed by atoms with Crippen molar-refractivity contribution in [1.82, 2.24) is 10.3 Å². The predicted molar refractivity (Wildman–Crippen MR) is 59.8 cm³/mol. The van der Waals surface area contributed by atoms with Crippen LogP contribution in [0, 0.1) is 11.8 Å². The molecule has 0 fully saturated rings. The second-order valence-electron chi connectivity index (χ2n) is 3.27. The summed E-state index contributed by atoms with van der Waals surface area (Å²) in [6.45, 7) is 1.34. The summed E-state index contributed by atoms with van der Waals surface area (Å²) in [7, 11) is 0. The molecule has 0 spiro atoms. The van der Waals surface area contributed by atoms with Crippen LogP contribution in [0.3, 0.4) is 0 Å². The van der Waals surface area contributed by atoms with Crippen molar-refractivity contribution >= 4 is 17.5 Å². The van der Waals surface area contributed by atoms with Gasteiger partial charge in [0.25, 0.3) is 0 Å². The van der Waals surface area contributed by atoms with Crippen molar-refractivity contribution in [3.05, 3.63) is 28.5 Å². The number of carbonyl (C=O) groups excluding carboxylic acids is 1. The summed E-state index contributed by atoms with van der Waals surface area (Å²) in [6, 6.07) is 0.816. The molecule has 18 heavy (non-hydrogen) atoms. The minimum absolute atomic E-state index is 0.0297. The van der Waals surface area contributed by atoms with E-state index in [1.54, 1.807) is 0 Å². The molecule has 0 aliphatic heterocycles. The zero-order chi connectivity index (χ0) is 13.8. The molecule has 0 saturated carbocycles. The number of carbonyl (C=O) groups is 1. The molecule has 1 heterocycles. The first-order chi connectivity index (χ1) is 8.30. The van der Waals surface area contributed by atoms with E-state index in [1.807, 2.05) is 0 Å². The van der Waals surface area contributed by atoms with E-state index in [0.29, 0.717) is 6.20 Å². The number of nitrogens with zero attached hydrogens (tertiary/aromatic N) is 1. The van der Waals surface area contributed by atoms with Crippen LogP contribution in [0.2, 0.25) is 5.15 Å². The van der Waals surface area contributed by atoms with E-state index >= 15 is 0 Å². The molecule has 1 N–H and O–H groups in total. The Morgan fingerprint density at radius 3 is 2.78 bits per heavy atom. The molecule has 0 saturated heterocycles. The average molecular weight is 277 g/mol. The lowest BCUT2D eigenvalue weighted by Crippen LogP contribution is -2.19. The van der Waals surface area contributed by atoms with E-state index in [2.05, 4.69) is 22.1 Å². The predicted octanol–water partition coefficient (Wildman–Crippen LogP) is 2.24. The van der Waals surface area contributed by atoms with Crippen LogP contribution in [0.1, 0.15) is 18.1 Å². The fraction of sp³-hybridized carbons (Fsp3) is 0.273. The second-order valence-corrected chi connectivity index (χ2v) is 3.63. The first-order valence-electron chi connectivity index (χ1n) is 4.76. The molecular formula is C11H8ClF3N2O. The van der Waals surface area contributed by atoms with Gasteiger partial charge in [-0.2, -0.15) is 13.2 Å². The average Bonchev–Trinajstić information content (AvgIpc) is 2.24. The third kappa shape index (κ3) is 4.26. The summed E-state index contributed by atoms with van der Waals surface area (Å²) in [5, 5.41) is 2.27. The van der Waals surface area contributed by atoms with E-state index in [-0.39, 0.29) is 23.2 Å². The monoisotopic (exact) mass is 276 g/mol. The van der Waals surface area contributed by atoms with Gasteiger partial charge in [-0.1, -0.05) is 23.4 Å². The largest absolute Gasteiger partial charge is 0.417 e. The molecule has 1 amide bonds. The van der Waals surface area contributed by atoms with Gasteiger partial charge in [-0.05, 0) is 6.07 Å². The van der Waals surface area contributed by atoms with Crippen LogP contribution in [0.5, 0.6) is 0 Å². The van der Waals surface area contributed by atoms with E-state index in [4.69, 9.17) is 11.6 Å². The highest BCUT2D eigenvalue weighted by Gasteiger charge is 2.31. The highest BCUT2D eigenvalue weighted by molar-refractivity contribution is 6.30. The molecule has 3 nitrogen and oxygen atoms in total. The maximum atomic E-state index is 12.4. The third-order valence-corrected chi connectivity index (χ3v) is 2.12. The Bertz CT molecular complexity index is 517. The summed E-state index contributed by atoms with van der Waals surface area (Å²) < 4.78 is 37.2. The number of hydrogen-bond donors (Lipinski definition) is 1. The molecule has 96 valence electrons. The van der Waals surface area contributed by atoms with Gasteiger partial charge >= 0.3 is 6.18 Å². The SMILES string of the molecule is CC(=O)NCC#Cc1cc(C(F)(F)F)cnc1Cl. The second kappa shape index (κ2) is 5.74. The summed E-state index contributed by atoms with van der Waals surface area (Å²) in [4.78, 5) is 14.0. The van der Waals surface area contributed by atoms with Crippen molar-refractivity contribution in [2.45, 2.75) is 13.1 Å². The van der Waals surface area contributed by atoms with Crippen molar-refractivity contribution in [3.8, 4) is 11.8 Å². The molecule has 0 aliphatic carbocycles. The van der Waals surface area contributed by atoms with E-state index in [1.165, 1.54) is 6.92 Å². The van der Waals surface area contributed by atoms with Gasteiger partial charge in [0.05, 0.1) is 17.7 Å². The van der Waals surface area contributed by atoms with Crippen LogP contribution >= 0.6 is 11.6 Å². The molecule has 0 radical (unpaired) electrons. The molecule has 1 rings (SSSR count). The number of aromatic nitrogens is 1. The van der Waals surface area contributed by atoms with Gasteiger partial charge in [0.2, 0.25) is 5.91 Å². The van der Waals surface area contributed by atoms with Crippen molar-refractivity contribution < 1.29 is 18.0 Å². The summed E-state index contributed by atoms with van der Waals surface area (Å²) in [5.41, 5.74) is -0.951. The summed E-state index contributed by atoms with van der Waals surface area (Å²) in [5.74, 6) is 4.62. The summed E-state index contributed by atoms with van der Waals surface area (Å²) >= 11 is 5.62. The van der Waals surface area contributed by atoms with Crippen LogP contribution in [0.25, 0.3) is 0 Å². The Morgan fingerprint density at radius 1 is 1.56 bits per heavy atom. The first kappa shape index (κ1) is 14.3. The Balaban J connectivity index is 2.91. The highest BCUT2D eigenvalue weighted by atomic mass is 35.5. The number of halogens is 4. The smallest absolute Gasteiger partial charge is 0.345 e. The topological polar surface area (TPSA) is 42.0 Å². The quantitative estimate of drug-likeness (QED) is 0.631. The van der Waals surface area contributed by atoms with Gasteiger partial charge in [-0.3, -0.25) is 4.79 Å². The van der Waals surface area contributed by atoms with E-state index in [0.717, 1.165) is 6.07 Å². The highest BCUT2D eigenvalue weighted by Crippen LogP contribution is 2.30. The van der Waals surface area contributed by atoms with E-state index < -0.39 is 11.7 Å². The Hall–Kier alpha value is -1.74. The Kier molecular flexibility index (Phi) is 4.56. The maximum absolute atomic E-state index is 12.4. The van der Waals surface area contributed by atoms with Gasteiger partial charge in [0.15, 0.2) is 0 Å². The normalized spacial score (nSPS) is 10.5. The lowest BCUT2D eigenvalue weighted by molar-refractivity contribution is -0.137. The number of pyridine rings is 1. The number of hydrogen-bond acceptors (Lipinski definition) is 2. The zero-order valence-corrected chi connectivity index (χ0v) is 9.99. The molecular weight excluding hydrogens is 269 g/mol. The Labute approximate surface area is 106 Å². The van der Waals surface area contributed by atoms with Gasteiger partial charge in [0.1, 0.15) is 5.15 Å². The minimum atomic E-state index is -4.49. The number of rotatable bonds is 1. The van der Waals surface area contributed by atoms with Crippen LogP contribution in [-0.2, 0) is 11.0 Å². The first-order valence-corrected chi connectivity index (χ1v) is 5.14. The van der Waals surface area contributed by atoms with Crippen LogP contribution in [0.4, 0.5) is 13.2 Å². The van der Waals surface area contributed by atoms with Crippen molar-refractivity contribution in [2.75, 3.05) is 6.54 Å². The maximum Gasteiger partial charge on any atom is 0.417 e. The molecule has 7 heteroatoms. The molecule has 1 aromatic rings. The van der Waals surface area contributed by atoms with Crippen molar-refractivity contribution in [2.24, 2.45) is 0 Å². The van der Waals surface area contributed by atoms with Crippen LogP contribution in [0.15, 0.2) is 12.3 Å². The summed E-state index contributed by atoms with van der Waals surface area (Å²) in [6.07, 6.45) is -3.85. The molecule has 0 bridgehead atoms. The van der Waals surface area contributed by atoms with Gasteiger partial charge in [-0.25, -0.2) is 4.98 Å². The molecule has 0 aromatic carbocycles.